The number of aromatic nitrogens is 2. The lowest BCUT2D eigenvalue weighted by molar-refractivity contribution is -0.132. The van der Waals surface area contributed by atoms with Gasteiger partial charge in [0.2, 0.25) is 5.91 Å². The summed E-state index contributed by atoms with van der Waals surface area (Å²) in [6.07, 6.45) is 4.93. The molecule has 0 saturated carbocycles. The van der Waals surface area contributed by atoms with Crippen molar-refractivity contribution in [3.8, 4) is 0 Å². The van der Waals surface area contributed by atoms with Gasteiger partial charge in [0.1, 0.15) is 0 Å². The largest absolute Gasteiger partial charge is 0.393 e. The average molecular weight is 251 g/mol. The van der Waals surface area contributed by atoms with E-state index in [1.807, 2.05) is 0 Å². The first kappa shape index (κ1) is 13.1. The Kier molecular flexibility index (Phi) is 4.01. The molecule has 1 heterocycles. The van der Waals surface area contributed by atoms with Crippen molar-refractivity contribution in [1.82, 2.24) is 15.1 Å². The molecule has 2 unspecified atom stereocenters. The number of nitrogens with zero attached hydrogens (tertiary/aromatic N) is 2. The maximum absolute atomic E-state index is 12.4. The van der Waals surface area contributed by atoms with Crippen LogP contribution in [0.2, 0.25) is 0 Å². The molecule has 0 radical (unpaired) electrons. The molecule has 1 aliphatic carbocycles. The third-order valence-corrected chi connectivity index (χ3v) is 3.60. The quantitative estimate of drug-likeness (QED) is 0.840. The summed E-state index contributed by atoms with van der Waals surface area (Å²) in [6, 6.07) is 0. The highest BCUT2D eigenvalue weighted by molar-refractivity contribution is 5.84. The van der Waals surface area contributed by atoms with Gasteiger partial charge in [0.05, 0.1) is 18.2 Å². The fourth-order valence-corrected chi connectivity index (χ4v) is 2.47. The van der Waals surface area contributed by atoms with E-state index >= 15 is 0 Å². The maximum Gasteiger partial charge on any atom is 0.229 e. The van der Waals surface area contributed by atoms with Crippen LogP contribution in [0.15, 0.2) is 6.20 Å². The maximum atomic E-state index is 12.4. The van der Waals surface area contributed by atoms with Crippen LogP contribution in [0.1, 0.15) is 43.4 Å². The Labute approximate surface area is 107 Å². The van der Waals surface area contributed by atoms with Crippen LogP contribution in [0, 0.1) is 0 Å². The summed E-state index contributed by atoms with van der Waals surface area (Å²) in [5, 5.41) is 16.3. The molecule has 0 aliphatic heterocycles. The highest BCUT2D eigenvalue weighted by Crippen LogP contribution is 2.31. The summed E-state index contributed by atoms with van der Waals surface area (Å²) in [5.41, 5.74) is 2.15. The lowest BCUT2D eigenvalue weighted by atomic mass is 9.86. The Balaban J connectivity index is 2.02. The number of aliphatic hydroxyl groups excluding tert-OH is 1. The zero-order valence-electron chi connectivity index (χ0n) is 11.0. The van der Waals surface area contributed by atoms with Crippen LogP contribution in [-0.4, -0.2) is 45.8 Å². The molecule has 0 aromatic carbocycles. The summed E-state index contributed by atoms with van der Waals surface area (Å²) in [6.45, 7) is 2.34. The molecule has 18 heavy (non-hydrogen) atoms. The number of aryl methyl sites for hydroxylation is 1. The predicted octanol–water partition coefficient (Wildman–Crippen LogP) is 1.06. The molecule has 0 bridgehead atoms. The molecule has 1 aromatic rings. The van der Waals surface area contributed by atoms with Gasteiger partial charge in [-0.1, -0.05) is 0 Å². The van der Waals surface area contributed by atoms with E-state index < -0.39 is 0 Å². The molecule has 0 spiro atoms. The summed E-state index contributed by atoms with van der Waals surface area (Å²) in [4.78, 5) is 14.1. The molecular formula is C13H21N3O2. The summed E-state index contributed by atoms with van der Waals surface area (Å²) in [5.74, 6) is 0.0736. The van der Waals surface area contributed by atoms with Crippen molar-refractivity contribution in [2.75, 3.05) is 13.6 Å². The van der Waals surface area contributed by atoms with E-state index in [4.69, 9.17) is 0 Å². The molecule has 5 heteroatoms. The Morgan fingerprint density at radius 1 is 1.72 bits per heavy atom. The Morgan fingerprint density at radius 2 is 2.50 bits per heavy atom. The highest BCUT2D eigenvalue weighted by atomic mass is 16.3. The smallest absolute Gasteiger partial charge is 0.229 e. The molecular weight excluding hydrogens is 230 g/mol. The van der Waals surface area contributed by atoms with Crippen LogP contribution in [-0.2, 0) is 11.2 Å². The second kappa shape index (κ2) is 5.52. The van der Waals surface area contributed by atoms with Gasteiger partial charge in [-0.15, -0.1) is 0 Å². The van der Waals surface area contributed by atoms with Gasteiger partial charge in [-0.05, 0) is 32.6 Å². The minimum absolute atomic E-state index is 0.0634. The van der Waals surface area contributed by atoms with Crippen molar-refractivity contribution in [3.05, 3.63) is 17.5 Å². The first-order valence-corrected chi connectivity index (χ1v) is 6.54. The third-order valence-electron chi connectivity index (χ3n) is 3.60. The van der Waals surface area contributed by atoms with Gasteiger partial charge in [0.15, 0.2) is 0 Å². The van der Waals surface area contributed by atoms with Crippen molar-refractivity contribution >= 4 is 5.91 Å². The number of H-pyrrole nitrogens is 1. The lowest BCUT2D eigenvalue weighted by Crippen LogP contribution is -2.34. The molecule has 5 nitrogen and oxygen atoms in total. The molecule has 1 aliphatic rings. The second-order valence-electron chi connectivity index (χ2n) is 5.15. The monoisotopic (exact) mass is 251 g/mol. The van der Waals surface area contributed by atoms with Crippen LogP contribution in [0.3, 0.4) is 0 Å². The first-order chi connectivity index (χ1) is 8.59. The SMILES string of the molecule is CC(O)CCN(C)C(=O)C1CCCc2[nH]ncc21. The van der Waals surface area contributed by atoms with E-state index in [2.05, 4.69) is 10.2 Å². The molecule has 100 valence electrons. The van der Waals surface area contributed by atoms with Gasteiger partial charge in [-0.2, -0.15) is 5.10 Å². The van der Waals surface area contributed by atoms with E-state index in [0.717, 1.165) is 30.5 Å². The van der Waals surface area contributed by atoms with Gasteiger partial charge in [-0.3, -0.25) is 9.89 Å². The van der Waals surface area contributed by atoms with Crippen LogP contribution in [0.25, 0.3) is 0 Å². The Morgan fingerprint density at radius 3 is 3.22 bits per heavy atom. The van der Waals surface area contributed by atoms with E-state index in [1.165, 1.54) is 0 Å². The van der Waals surface area contributed by atoms with Crippen molar-refractivity contribution in [2.24, 2.45) is 0 Å². The van der Waals surface area contributed by atoms with E-state index in [1.54, 1.807) is 25.1 Å². The number of aromatic amines is 1. The van der Waals surface area contributed by atoms with Gasteiger partial charge in [-0.25, -0.2) is 0 Å². The fourth-order valence-electron chi connectivity index (χ4n) is 2.47. The zero-order valence-corrected chi connectivity index (χ0v) is 11.0. The molecule has 0 saturated heterocycles. The number of hydrogen-bond acceptors (Lipinski definition) is 3. The standard InChI is InChI=1S/C13H21N3O2/c1-9(17)6-7-16(2)13(18)10-4-3-5-12-11(10)8-14-15-12/h8-10,17H,3-7H2,1-2H3,(H,14,15). The van der Waals surface area contributed by atoms with Crippen LogP contribution in [0.4, 0.5) is 0 Å². The van der Waals surface area contributed by atoms with Crippen molar-refractivity contribution in [3.63, 3.8) is 0 Å². The van der Waals surface area contributed by atoms with E-state index in [0.29, 0.717) is 13.0 Å². The Bertz CT molecular complexity index is 414. The number of fused-ring (bicyclic) bond motifs is 1. The van der Waals surface area contributed by atoms with E-state index in [9.17, 15) is 9.90 Å². The molecule has 2 rings (SSSR count). The first-order valence-electron chi connectivity index (χ1n) is 6.54. The number of hydrogen-bond donors (Lipinski definition) is 2. The number of nitrogens with one attached hydrogen (secondary N) is 1. The van der Waals surface area contributed by atoms with Crippen molar-refractivity contribution in [1.29, 1.82) is 0 Å². The van der Waals surface area contributed by atoms with Crippen LogP contribution >= 0.6 is 0 Å². The molecule has 1 aromatic heterocycles. The topological polar surface area (TPSA) is 69.2 Å². The second-order valence-corrected chi connectivity index (χ2v) is 5.15. The lowest BCUT2D eigenvalue weighted by Gasteiger charge is -2.26. The number of carbonyl (C=O) groups excluding carboxylic acids is 1. The normalized spacial score (nSPS) is 20.3. The number of rotatable bonds is 4. The number of likely N-dealkylation sites (N-methyl/N-ethyl adjacent to an activating group) is 1. The van der Waals surface area contributed by atoms with Gasteiger partial charge in [0.25, 0.3) is 0 Å². The minimum atomic E-state index is -0.365. The number of amides is 1. The number of aliphatic hydroxyl groups is 1. The fraction of sp³-hybridized carbons (Fsp3) is 0.692. The Hall–Kier alpha value is -1.36. The van der Waals surface area contributed by atoms with Crippen LogP contribution < -0.4 is 0 Å². The highest BCUT2D eigenvalue weighted by Gasteiger charge is 2.29. The minimum Gasteiger partial charge on any atom is -0.393 e. The third kappa shape index (κ3) is 2.72. The van der Waals surface area contributed by atoms with E-state index in [-0.39, 0.29) is 17.9 Å². The molecule has 2 N–H and O–H groups in total. The van der Waals surface area contributed by atoms with Crippen molar-refractivity contribution < 1.29 is 9.90 Å². The summed E-state index contributed by atoms with van der Waals surface area (Å²) >= 11 is 0. The summed E-state index contributed by atoms with van der Waals surface area (Å²) in [7, 11) is 1.80. The number of carbonyl (C=O) groups is 1. The van der Waals surface area contributed by atoms with Gasteiger partial charge < -0.3 is 10.0 Å². The van der Waals surface area contributed by atoms with Crippen LogP contribution in [0.5, 0.6) is 0 Å². The molecule has 0 fully saturated rings. The van der Waals surface area contributed by atoms with Crippen molar-refractivity contribution in [2.45, 2.75) is 44.6 Å². The zero-order chi connectivity index (χ0) is 13.1. The van der Waals surface area contributed by atoms with Gasteiger partial charge in [0, 0.05) is 24.8 Å². The molecule has 1 amide bonds. The summed E-state index contributed by atoms with van der Waals surface area (Å²) < 4.78 is 0. The average Bonchev–Trinajstić information content (AvgIpc) is 2.82. The van der Waals surface area contributed by atoms with Gasteiger partial charge >= 0.3 is 0 Å². The molecule has 2 atom stereocenters. The predicted molar refractivity (Wildman–Crippen MR) is 68.2 cm³/mol.